The first kappa shape index (κ1) is 18.3. The van der Waals surface area contributed by atoms with E-state index in [0.29, 0.717) is 11.5 Å². The van der Waals surface area contributed by atoms with Crippen LogP contribution in [0.15, 0.2) is 24.3 Å². The smallest absolute Gasteiger partial charge is 0.232 e. The molecule has 0 N–H and O–H groups in total. The van der Waals surface area contributed by atoms with Crippen molar-refractivity contribution in [2.24, 2.45) is 5.92 Å². The van der Waals surface area contributed by atoms with Crippen molar-refractivity contribution in [2.75, 3.05) is 45.9 Å². The van der Waals surface area contributed by atoms with E-state index in [1.165, 1.54) is 6.07 Å². The molecule has 1 atom stereocenters. The average molecular weight is 348 g/mol. The zero-order chi connectivity index (χ0) is 17.9. The van der Waals surface area contributed by atoms with Crippen molar-refractivity contribution in [3.8, 4) is 0 Å². The van der Waals surface area contributed by atoms with Gasteiger partial charge in [0.25, 0.3) is 0 Å². The molecule has 0 radical (unpaired) electrons. The normalized spacial score (nSPS) is 22.8. The van der Waals surface area contributed by atoms with E-state index in [2.05, 4.69) is 4.90 Å². The Morgan fingerprint density at radius 2 is 1.96 bits per heavy atom. The molecule has 0 spiro atoms. The lowest BCUT2D eigenvalue weighted by Crippen LogP contribution is -2.50. The van der Waals surface area contributed by atoms with Crippen molar-refractivity contribution in [2.45, 2.75) is 32.1 Å². The Morgan fingerprint density at radius 1 is 1.24 bits per heavy atom. The summed E-state index contributed by atoms with van der Waals surface area (Å²) in [6.07, 6.45) is 2.18. The number of likely N-dealkylation sites (tertiary alicyclic amines) is 1. The summed E-state index contributed by atoms with van der Waals surface area (Å²) in [4.78, 5) is 17.5. The number of benzene rings is 1. The van der Waals surface area contributed by atoms with E-state index < -0.39 is 5.41 Å². The molecule has 1 unspecified atom stereocenters. The largest absolute Gasteiger partial charge is 0.379 e. The van der Waals surface area contributed by atoms with Gasteiger partial charge >= 0.3 is 0 Å². The van der Waals surface area contributed by atoms with Crippen LogP contribution in [0.1, 0.15) is 32.3 Å². The van der Waals surface area contributed by atoms with Gasteiger partial charge in [0.2, 0.25) is 5.91 Å². The van der Waals surface area contributed by atoms with E-state index in [1.54, 1.807) is 18.2 Å². The number of carbonyl (C=O) groups excluding carboxylic acids is 1. The zero-order valence-electron chi connectivity index (χ0n) is 15.3. The highest BCUT2D eigenvalue weighted by molar-refractivity contribution is 5.87. The summed E-state index contributed by atoms with van der Waals surface area (Å²) in [5.74, 6) is 0.222. The molecule has 25 heavy (non-hydrogen) atoms. The Kier molecular flexibility index (Phi) is 5.74. The number of amides is 1. The van der Waals surface area contributed by atoms with Crippen LogP contribution in [0.4, 0.5) is 4.39 Å². The standard InChI is InChI=1S/C20H29FN2O2/c1-20(2,17-7-3-4-8-18(17)21)19(24)23-9-5-6-16(15-23)14-22-10-12-25-13-11-22/h3-4,7-8,16H,5-6,9-15H2,1-2H3. The number of carbonyl (C=O) groups is 1. The van der Waals surface area contributed by atoms with Crippen LogP contribution < -0.4 is 0 Å². The fraction of sp³-hybridized carbons (Fsp3) is 0.650. The number of hydrogen-bond donors (Lipinski definition) is 0. The van der Waals surface area contributed by atoms with Gasteiger partial charge in [-0.3, -0.25) is 9.69 Å². The number of ether oxygens (including phenoxy) is 1. The average Bonchev–Trinajstić information content (AvgIpc) is 2.62. The maximum absolute atomic E-state index is 14.2. The SMILES string of the molecule is CC(C)(C(=O)N1CCCC(CN2CCOCC2)C1)c1ccccc1F. The number of morpholine rings is 1. The Hall–Kier alpha value is -1.46. The highest BCUT2D eigenvalue weighted by Crippen LogP contribution is 2.30. The second-order valence-electron chi connectivity index (χ2n) is 7.78. The first-order valence-corrected chi connectivity index (χ1v) is 9.33. The molecule has 1 amide bonds. The van der Waals surface area contributed by atoms with Crippen LogP contribution in [-0.4, -0.2) is 61.6 Å². The number of halogens is 1. The first-order valence-electron chi connectivity index (χ1n) is 9.33. The van der Waals surface area contributed by atoms with Crippen LogP contribution in [0, 0.1) is 11.7 Å². The molecular formula is C20H29FN2O2. The van der Waals surface area contributed by atoms with Gasteiger partial charge in [0.15, 0.2) is 0 Å². The van der Waals surface area contributed by atoms with E-state index in [-0.39, 0.29) is 11.7 Å². The van der Waals surface area contributed by atoms with Gasteiger partial charge in [0, 0.05) is 38.3 Å². The quantitative estimate of drug-likeness (QED) is 0.839. The summed E-state index contributed by atoms with van der Waals surface area (Å²) in [6, 6.07) is 6.62. The number of hydrogen-bond acceptors (Lipinski definition) is 3. The van der Waals surface area contributed by atoms with Crippen molar-refractivity contribution < 1.29 is 13.9 Å². The van der Waals surface area contributed by atoms with Crippen LogP contribution >= 0.6 is 0 Å². The summed E-state index contributed by atoms with van der Waals surface area (Å²) in [5, 5.41) is 0. The molecule has 2 saturated heterocycles. The number of nitrogens with zero attached hydrogens (tertiary/aromatic N) is 2. The van der Waals surface area contributed by atoms with E-state index in [1.807, 2.05) is 18.7 Å². The van der Waals surface area contributed by atoms with Gasteiger partial charge < -0.3 is 9.64 Å². The van der Waals surface area contributed by atoms with Crippen LogP contribution in [0.3, 0.4) is 0 Å². The minimum absolute atomic E-state index is 0.0317. The lowest BCUT2D eigenvalue weighted by Gasteiger charge is -2.40. The molecule has 138 valence electrons. The minimum atomic E-state index is -0.841. The van der Waals surface area contributed by atoms with E-state index in [4.69, 9.17) is 4.74 Å². The predicted molar refractivity (Wildman–Crippen MR) is 96.0 cm³/mol. The van der Waals surface area contributed by atoms with Gasteiger partial charge in [-0.25, -0.2) is 4.39 Å². The Morgan fingerprint density at radius 3 is 2.68 bits per heavy atom. The molecule has 1 aromatic rings. The maximum atomic E-state index is 14.2. The van der Waals surface area contributed by atoms with E-state index in [0.717, 1.165) is 58.8 Å². The molecule has 1 aromatic carbocycles. The molecule has 2 heterocycles. The highest BCUT2D eigenvalue weighted by atomic mass is 19.1. The van der Waals surface area contributed by atoms with Gasteiger partial charge in [0.1, 0.15) is 5.82 Å². The third-order valence-electron chi connectivity index (χ3n) is 5.51. The van der Waals surface area contributed by atoms with Crippen molar-refractivity contribution >= 4 is 5.91 Å². The van der Waals surface area contributed by atoms with Crippen LogP contribution in [0.5, 0.6) is 0 Å². The van der Waals surface area contributed by atoms with Gasteiger partial charge in [-0.1, -0.05) is 18.2 Å². The molecule has 0 aliphatic carbocycles. The molecule has 0 aromatic heterocycles. The molecule has 5 heteroatoms. The molecule has 0 saturated carbocycles. The van der Waals surface area contributed by atoms with Crippen LogP contribution in [0.25, 0.3) is 0 Å². The summed E-state index contributed by atoms with van der Waals surface area (Å²) in [6.45, 7) is 9.79. The van der Waals surface area contributed by atoms with E-state index in [9.17, 15) is 9.18 Å². The zero-order valence-corrected chi connectivity index (χ0v) is 15.3. The Labute approximate surface area is 149 Å². The summed E-state index contributed by atoms with van der Waals surface area (Å²) in [7, 11) is 0. The predicted octanol–water partition coefficient (Wildman–Crippen LogP) is 2.67. The topological polar surface area (TPSA) is 32.8 Å². The van der Waals surface area contributed by atoms with Crippen molar-refractivity contribution in [3.05, 3.63) is 35.6 Å². The molecule has 2 aliphatic rings. The third kappa shape index (κ3) is 4.21. The van der Waals surface area contributed by atoms with E-state index >= 15 is 0 Å². The van der Waals surface area contributed by atoms with Gasteiger partial charge in [-0.2, -0.15) is 0 Å². The molecular weight excluding hydrogens is 319 g/mol. The lowest BCUT2D eigenvalue weighted by molar-refractivity contribution is -0.138. The highest BCUT2D eigenvalue weighted by Gasteiger charge is 2.37. The Balaban J connectivity index is 1.65. The minimum Gasteiger partial charge on any atom is -0.379 e. The molecule has 2 aliphatic heterocycles. The van der Waals surface area contributed by atoms with Crippen LogP contribution in [-0.2, 0) is 14.9 Å². The summed E-state index contributed by atoms with van der Waals surface area (Å²) in [5.41, 5.74) is -0.359. The molecule has 3 rings (SSSR count). The number of rotatable bonds is 4. The summed E-state index contributed by atoms with van der Waals surface area (Å²) >= 11 is 0. The summed E-state index contributed by atoms with van der Waals surface area (Å²) < 4.78 is 19.6. The third-order valence-corrected chi connectivity index (χ3v) is 5.51. The molecule has 4 nitrogen and oxygen atoms in total. The van der Waals surface area contributed by atoms with Gasteiger partial charge in [-0.05, 0) is 38.7 Å². The molecule has 0 bridgehead atoms. The second-order valence-corrected chi connectivity index (χ2v) is 7.78. The molecule has 2 fully saturated rings. The van der Waals surface area contributed by atoms with Crippen molar-refractivity contribution in [1.82, 2.24) is 9.80 Å². The number of piperidine rings is 1. The fourth-order valence-corrected chi connectivity index (χ4v) is 4.03. The maximum Gasteiger partial charge on any atom is 0.232 e. The first-order chi connectivity index (χ1) is 12.0. The fourth-order valence-electron chi connectivity index (χ4n) is 4.03. The Bertz CT molecular complexity index is 599. The van der Waals surface area contributed by atoms with Crippen molar-refractivity contribution in [3.63, 3.8) is 0 Å². The lowest BCUT2D eigenvalue weighted by atomic mass is 9.82. The van der Waals surface area contributed by atoms with Crippen molar-refractivity contribution in [1.29, 1.82) is 0 Å². The monoisotopic (exact) mass is 348 g/mol. The van der Waals surface area contributed by atoms with Gasteiger partial charge in [0.05, 0.1) is 18.6 Å². The second kappa shape index (κ2) is 7.83. The van der Waals surface area contributed by atoms with Gasteiger partial charge in [-0.15, -0.1) is 0 Å². The van der Waals surface area contributed by atoms with Crippen LogP contribution in [0.2, 0.25) is 0 Å².